The molecule has 13 heteroatoms. The van der Waals surface area contributed by atoms with E-state index < -0.39 is 11.3 Å². The molecule has 0 saturated carbocycles. The zero-order valence-electron chi connectivity index (χ0n) is 20.9. The number of halogens is 1. The van der Waals surface area contributed by atoms with E-state index in [0.29, 0.717) is 46.5 Å². The van der Waals surface area contributed by atoms with Gasteiger partial charge in [-0.3, -0.25) is 4.21 Å². The summed E-state index contributed by atoms with van der Waals surface area (Å²) in [5, 5.41) is 19.1. The van der Waals surface area contributed by atoms with Crippen molar-refractivity contribution in [3.05, 3.63) is 59.2 Å². The minimum Gasteiger partial charge on any atom is -0.760 e. The lowest BCUT2D eigenvalue weighted by Crippen LogP contribution is -2.43. The van der Waals surface area contributed by atoms with Gasteiger partial charge in [0.2, 0.25) is 5.95 Å². The van der Waals surface area contributed by atoms with Crippen LogP contribution < -0.4 is 30.3 Å². The summed E-state index contributed by atoms with van der Waals surface area (Å²) in [5.41, 5.74) is 3.16. The van der Waals surface area contributed by atoms with E-state index >= 15 is 0 Å². The van der Waals surface area contributed by atoms with Crippen LogP contribution in [0.5, 0.6) is 5.75 Å². The van der Waals surface area contributed by atoms with Crippen LogP contribution in [0, 0.1) is 0 Å². The third kappa shape index (κ3) is 7.53. The summed E-state index contributed by atoms with van der Waals surface area (Å²) in [6, 6.07) is 13.6. The van der Waals surface area contributed by atoms with Crippen LogP contribution in [-0.4, -0.2) is 63.2 Å². The maximum Gasteiger partial charge on any atom is 0.229 e. The average Bonchev–Trinajstić information content (AvgIpc) is 2.93. The Hall–Kier alpha value is -3.00. The van der Waals surface area contributed by atoms with Crippen LogP contribution in [-0.2, 0) is 17.8 Å². The number of piperidine rings is 1. The molecule has 1 atom stereocenters. The number of nitrogens with zero attached hydrogens (tertiary/aromatic N) is 3. The second-order valence-electron chi connectivity index (χ2n) is 8.68. The lowest BCUT2D eigenvalue weighted by Gasteiger charge is -2.34. The molecule has 1 aromatic heterocycles. The van der Waals surface area contributed by atoms with Gasteiger partial charge in [-0.1, -0.05) is 29.8 Å². The van der Waals surface area contributed by atoms with E-state index in [1.54, 1.807) is 13.2 Å². The van der Waals surface area contributed by atoms with Crippen molar-refractivity contribution in [2.75, 3.05) is 48.9 Å². The van der Waals surface area contributed by atoms with Crippen molar-refractivity contribution >= 4 is 51.7 Å². The number of hydrogen-bond donors (Lipinski definition) is 5. The molecule has 0 radical (unpaired) electrons. The fraction of sp³-hybridized carbons (Fsp3) is 0.360. The molecule has 38 heavy (non-hydrogen) atoms. The Balaban J connectivity index is 1.46. The summed E-state index contributed by atoms with van der Waals surface area (Å²) in [7, 11) is 1.62. The predicted molar refractivity (Wildman–Crippen MR) is 149 cm³/mol. The van der Waals surface area contributed by atoms with Crippen molar-refractivity contribution in [2.45, 2.75) is 25.4 Å². The van der Waals surface area contributed by atoms with Gasteiger partial charge in [-0.2, -0.15) is 4.98 Å². The smallest absolute Gasteiger partial charge is 0.229 e. The highest BCUT2D eigenvalue weighted by Gasteiger charge is 2.20. The lowest BCUT2D eigenvalue weighted by atomic mass is 10.0. The second-order valence-corrected chi connectivity index (χ2v) is 9.84. The number of hydrogen-bond acceptors (Lipinski definition) is 10. The Bertz CT molecular complexity index is 1240. The van der Waals surface area contributed by atoms with Crippen LogP contribution in [0.3, 0.4) is 0 Å². The van der Waals surface area contributed by atoms with Crippen LogP contribution >= 0.6 is 11.6 Å². The van der Waals surface area contributed by atoms with Crippen LogP contribution in [0.4, 0.5) is 28.8 Å². The third-order valence-corrected chi connectivity index (χ3v) is 6.89. The number of anilines is 5. The van der Waals surface area contributed by atoms with Crippen molar-refractivity contribution in [2.24, 2.45) is 0 Å². The highest BCUT2D eigenvalue weighted by atomic mass is 35.5. The minimum absolute atomic E-state index is 0.119. The van der Waals surface area contributed by atoms with Crippen molar-refractivity contribution in [3.8, 4) is 5.75 Å². The first-order valence-electron chi connectivity index (χ1n) is 12.2. The molecular weight excluding hydrogens is 530 g/mol. The van der Waals surface area contributed by atoms with Gasteiger partial charge in [0.1, 0.15) is 10.8 Å². The minimum atomic E-state index is -2.38. The number of nitrogens with one attached hydrogen (secondary N) is 4. The fourth-order valence-electron chi connectivity index (χ4n) is 4.29. The van der Waals surface area contributed by atoms with E-state index in [2.05, 4.69) is 35.5 Å². The van der Waals surface area contributed by atoms with Gasteiger partial charge in [0.15, 0.2) is 5.82 Å². The zero-order valence-corrected chi connectivity index (χ0v) is 22.5. The number of rotatable bonds is 12. The summed E-state index contributed by atoms with van der Waals surface area (Å²) >= 11 is 3.98. The van der Waals surface area contributed by atoms with Crippen molar-refractivity contribution < 1.29 is 18.6 Å². The van der Waals surface area contributed by atoms with E-state index in [9.17, 15) is 8.76 Å². The predicted octanol–water partition coefficient (Wildman–Crippen LogP) is 3.06. The molecule has 1 saturated heterocycles. The molecule has 3 aromatic rings. The van der Waals surface area contributed by atoms with Gasteiger partial charge in [0.05, 0.1) is 25.6 Å². The summed E-state index contributed by atoms with van der Waals surface area (Å²) in [6.07, 6.45) is 3.50. The summed E-state index contributed by atoms with van der Waals surface area (Å²) < 4.78 is 29.9. The molecule has 0 amide bonds. The Morgan fingerprint density at radius 2 is 1.97 bits per heavy atom. The number of benzene rings is 2. The van der Waals surface area contributed by atoms with Crippen molar-refractivity contribution in [1.29, 1.82) is 0 Å². The standard InChI is InChI=1S/C25H32ClN7O4S/c1-37-23-14-19(33-11-8-18(9-12-33)27-10-13-34)6-7-22(23)31-25-28-16-20(26)24(32-25)30-21-5-3-2-4-17(21)15-29-38(35)36/h2-7,14,16,18,27,29,34H,8-13,15H2,1H3,(H,35,36)(H2,28,30,31,32)/p-1. The summed E-state index contributed by atoms with van der Waals surface area (Å²) in [6.45, 7) is 2.72. The highest BCUT2D eigenvalue weighted by Crippen LogP contribution is 2.33. The summed E-state index contributed by atoms with van der Waals surface area (Å²) in [4.78, 5) is 11.1. The highest BCUT2D eigenvalue weighted by molar-refractivity contribution is 7.77. The molecule has 0 spiro atoms. The van der Waals surface area contributed by atoms with E-state index in [1.165, 1.54) is 6.20 Å². The van der Waals surface area contributed by atoms with Crippen LogP contribution in [0.15, 0.2) is 48.7 Å². The molecule has 1 unspecified atom stereocenters. The van der Waals surface area contributed by atoms with Gasteiger partial charge in [0, 0.05) is 60.9 Å². The Morgan fingerprint density at radius 1 is 1.18 bits per heavy atom. The molecule has 1 fully saturated rings. The molecule has 2 heterocycles. The fourth-order valence-corrected chi connectivity index (χ4v) is 4.70. The number of para-hydroxylation sites is 1. The molecule has 5 N–H and O–H groups in total. The Labute approximate surface area is 229 Å². The monoisotopic (exact) mass is 560 g/mol. The number of aromatic nitrogens is 2. The average molecular weight is 561 g/mol. The van der Waals surface area contributed by atoms with Gasteiger partial charge in [-0.15, -0.1) is 0 Å². The van der Waals surface area contributed by atoms with Gasteiger partial charge in [0.25, 0.3) is 0 Å². The SMILES string of the molecule is COc1cc(N2CCC(NCCO)CC2)ccc1Nc1ncc(Cl)c(Nc2ccccc2CNS(=O)[O-])n1. The van der Waals surface area contributed by atoms with Gasteiger partial charge in [-0.25, -0.2) is 9.71 Å². The molecular formula is C25H31ClN7O4S-. The zero-order chi connectivity index (χ0) is 26.9. The van der Waals surface area contributed by atoms with Crippen LogP contribution in [0.1, 0.15) is 18.4 Å². The molecule has 11 nitrogen and oxygen atoms in total. The Kier molecular flexibility index (Phi) is 10.1. The van der Waals surface area contributed by atoms with E-state index in [0.717, 1.165) is 37.2 Å². The summed E-state index contributed by atoms with van der Waals surface area (Å²) in [5.74, 6) is 1.33. The van der Waals surface area contributed by atoms with Gasteiger partial charge >= 0.3 is 0 Å². The quantitative estimate of drug-likeness (QED) is 0.209. The third-order valence-electron chi connectivity index (χ3n) is 6.23. The second kappa shape index (κ2) is 13.7. The maximum absolute atomic E-state index is 10.9. The van der Waals surface area contributed by atoms with Crippen molar-refractivity contribution in [3.63, 3.8) is 0 Å². The van der Waals surface area contributed by atoms with Crippen LogP contribution in [0.25, 0.3) is 0 Å². The first-order chi connectivity index (χ1) is 18.5. The first-order valence-corrected chi connectivity index (χ1v) is 13.7. The van der Waals surface area contributed by atoms with E-state index in [4.69, 9.17) is 21.4 Å². The number of ether oxygens (including phenoxy) is 1. The molecule has 4 rings (SSSR count). The van der Waals surface area contributed by atoms with E-state index in [1.807, 2.05) is 36.4 Å². The maximum atomic E-state index is 10.9. The van der Waals surface area contributed by atoms with Gasteiger partial charge in [-0.05, 0) is 36.6 Å². The number of aliphatic hydroxyl groups excluding tert-OH is 1. The molecule has 204 valence electrons. The number of methoxy groups -OCH3 is 1. The van der Waals surface area contributed by atoms with Crippen molar-refractivity contribution in [1.82, 2.24) is 20.0 Å². The van der Waals surface area contributed by atoms with E-state index in [-0.39, 0.29) is 13.2 Å². The molecule has 1 aliphatic heterocycles. The molecule has 2 aromatic carbocycles. The Morgan fingerprint density at radius 3 is 2.71 bits per heavy atom. The van der Waals surface area contributed by atoms with Crippen LogP contribution in [0.2, 0.25) is 5.02 Å². The molecule has 0 bridgehead atoms. The largest absolute Gasteiger partial charge is 0.760 e. The molecule has 0 aliphatic carbocycles. The topological polar surface area (TPSA) is 147 Å². The number of aliphatic hydroxyl groups is 1. The van der Waals surface area contributed by atoms with Gasteiger partial charge < -0.3 is 35.2 Å². The first kappa shape index (κ1) is 28.0. The normalized spacial score (nSPS) is 14.8. The lowest BCUT2D eigenvalue weighted by molar-refractivity contribution is 0.277. The molecule has 1 aliphatic rings.